The third-order valence-corrected chi connectivity index (χ3v) is 3.43. The van der Waals surface area contributed by atoms with Crippen LogP contribution in [0, 0.1) is 5.92 Å². The van der Waals surface area contributed by atoms with Crippen LogP contribution in [0.15, 0.2) is 12.1 Å². The maximum atomic E-state index is 10.1. The van der Waals surface area contributed by atoms with Crippen LogP contribution in [0.2, 0.25) is 0 Å². The molecule has 4 heteroatoms. The normalized spacial score (nSPS) is 23.1. The lowest BCUT2D eigenvalue weighted by Crippen LogP contribution is -2.25. The molecular formula is C13H19NO3. The second-order valence-electron chi connectivity index (χ2n) is 4.43. The number of aliphatic hydroxyl groups is 1. The van der Waals surface area contributed by atoms with E-state index >= 15 is 0 Å². The summed E-state index contributed by atoms with van der Waals surface area (Å²) < 4.78 is 10.7. The molecule has 0 amide bonds. The van der Waals surface area contributed by atoms with Gasteiger partial charge in [-0.15, -0.1) is 0 Å². The van der Waals surface area contributed by atoms with Gasteiger partial charge < -0.3 is 20.3 Å². The number of benzene rings is 1. The van der Waals surface area contributed by atoms with Gasteiger partial charge in [0.25, 0.3) is 0 Å². The molecule has 2 rings (SSSR count). The molecule has 0 bridgehead atoms. The lowest BCUT2D eigenvalue weighted by Gasteiger charge is -2.29. The van der Waals surface area contributed by atoms with Crippen LogP contribution in [0.4, 0.5) is 0 Å². The van der Waals surface area contributed by atoms with E-state index in [1.807, 2.05) is 12.1 Å². The van der Waals surface area contributed by atoms with E-state index in [2.05, 4.69) is 0 Å². The Morgan fingerprint density at radius 1 is 1.35 bits per heavy atom. The maximum absolute atomic E-state index is 10.1. The fourth-order valence-corrected chi connectivity index (χ4v) is 2.52. The summed E-state index contributed by atoms with van der Waals surface area (Å²) in [7, 11) is 3.24. The zero-order chi connectivity index (χ0) is 12.4. The third-order valence-electron chi connectivity index (χ3n) is 3.43. The molecule has 2 unspecified atom stereocenters. The first-order chi connectivity index (χ1) is 8.21. The fourth-order valence-electron chi connectivity index (χ4n) is 2.52. The first kappa shape index (κ1) is 12.2. The van der Waals surface area contributed by atoms with Crippen molar-refractivity contribution in [1.82, 2.24) is 0 Å². The summed E-state index contributed by atoms with van der Waals surface area (Å²) >= 11 is 0. The van der Waals surface area contributed by atoms with Crippen molar-refractivity contribution in [1.29, 1.82) is 0 Å². The van der Waals surface area contributed by atoms with Crippen molar-refractivity contribution in [2.24, 2.45) is 11.7 Å². The molecule has 0 saturated carbocycles. The van der Waals surface area contributed by atoms with Gasteiger partial charge in [0.1, 0.15) is 0 Å². The van der Waals surface area contributed by atoms with E-state index in [1.54, 1.807) is 14.2 Å². The topological polar surface area (TPSA) is 64.7 Å². The molecule has 1 aliphatic rings. The number of hydrogen-bond acceptors (Lipinski definition) is 4. The summed E-state index contributed by atoms with van der Waals surface area (Å²) in [6, 6.07) is 3.75. The first-order valence-corrected chi connectivity index (χ1v) is 5.83. The predicted molar refractivity (Wildman–Crippen MR) is 65.4 cm³/mol. The van der Waals surface area contributed by atoms with Gasteiger partial charge in [0.2, 0.25) is 0 Å². The molecule has 94 valence electrons. The van der Waals surface area contributed by atoms with Crippen molar-refractivity contribution in [3.63, 3.8) is 0 Å². The van der Waals surface area contributed by atoms with Crippen molar-refractivity contribution < 1.29 is 14.6 Å². The molecule has 1 aliphatic carbocycles. The molecule has 2 atom stereocenters. The minimum Gasteiger partial charge on any atom is -0.493 e. The van der Waals surface area contributed by atoms with Crippen LogP contribution in [0.25, 0.3) is 0 Å². The third kappa shape index (κ3) is 2.10. The molecule has 0 spiro atoms. The molecule has 1 aromatic carbocycles. The van der Waals surface area contributed by atoms with Crippen LogP contribution < -0.4 is 15.2 Å². The van der Waals surface area contributed by atoms with E-state index in [0.717, 1.165) is 29.7 Å². The minimum atomic E-state index is -0.452. The van der Waals surface area contributed by atoms with Gasteiger partial charge in [-0.1, -0.05) is 6.07 Å². The van der Waals surface area contributed by atoms with E-state index in [9.17, 15) is 5.11 Å². The van der Waals surface area contributed by atoms with E-state index in [1.165, 1.54) is 0 Å². The highest BCUT2D eigenvalue weighted by Crippen LogP contribution is 2.42. The van der Waals surface area contributed by atoms with Crippen molar-refractivity contribution >= 4 is 0 Å². The minimum absolute atomic E-state index is 0.304. The molecule has 0 saturated heterocycles. The maximum Gasteiger partial charge on any atom is 0.164 e. The van der Waals surface area contributed by atoms with Crippen LogP contribution in [-0.2, 0) is 6.42 Å². The van der Waals surface area contributed by atoms with Gasteiger partial charge in [-0.2, -0.15) is 0 Å². The zero-order valence-electron chi connectivity index (χ0n) is 10.3. The molecule has 0 heterocycles. The highest BCUT2D eigenvalue weighted by molar-refractivity contribution is 5.52. The van der Waals surface area contributed by atoms with Gasteiger partial charge in [0.05, 0.1) is 20.3 Å². The Kier molecular flexibility index (Phi) is 3.54. The molecule has 0 fully saturated rings. The number of ether oxygens (including phenoxy) is 2. The van der Waals surface area contributed by atoms with Crippen molar-refractivity contribution in [3.05, 3.63) is 23.3 Å². The summed E-state index contributed by atoms with van der Waals surface area (Å²) in [5, 5.41) is 10.1. The van der Waals surface area contributed by atoms with E-state index in [4.69, 9.17) is 15.2 Å². The second kappa shape index (κ2) is 4.94. The van der Waals surface area contributed by atoms with Gasteiger partial charge in [-0.05, 0) is 36.9 Å². The van der Waals surface area contributed by atoms with Crippen molar-refractivity contribution in [2.75, 3.05) is 20.8 Å². The van der Waals surface area contributed by atoms with Gasteiger partial charge in [-0.25, -0.2) is 0 Å². The molecule has 3 N–H and O–H groups in total. The smallest absolute Gasteiger partial charge is 0.164 e. The highest BCUT2D eigenvalue weighted by Gasteiger charge is 2.28. The van der Waals surface area contributed by atoms with E-state index in [-0.39, 0.29) is 0 Å². The summed E-state index contributed by atoms with van der Waals surface area (Å²) in [5.74, 6) is 1.73. The molecule has 17 heavy (non-hydrogen) atoms. The van der Waals surface area contributed by atoms with Crippen LogP contribution in [-0.4, -0.2) is 25.9 Å². The summed E-state index contributed by atoms with van der Waals surface area (Å²) in [6.07, 6.45) is 1.11. The van der Waals surface area contributed by atoms with Gasteiger partial charge >= 0.3 is 0 Å². The Labute approximate surface area is 101 Å². The number of methoxy groups -OCH3 is 2. The summed E-state index contributed by atoms with van der Waals surface area (Å²) in [6.45, 7) is 0.580. The Hall–Kier alpha value is -1.26. The predicted octanol–water partition coefficient (Wildman–Crippen LogP) is 1.26. The highest BCUT2D eigenvalue weighted by atomic mass is 16.5. The Morgan fingerprint density at radius 2 is 2.12 bits per heavy atom. The Bertz CT molecular complexity index is 406. The molecule has 1 aromatic rings. The standard InChI is InChI=1S/C13H19NO3/c1-16-12-4-3-9-10(13(12)17-2)5-8(7-14)6-11(9)15/h3-4,8,11,15H,5-7,14H2,1-2H3. The number of rotatable bonds is 3. The zero-order valence-corrected chi connectivity index (χ0v) is 10.3. The molecule has 0 radical (unpaired) electrons. The lowest BCUT2D eigenvalue weighted by atomic mass is 9.81. The molecular weight excluding hydrogens is 218 g/mol. The average Bonchev–Trinajstić information content (AvgIpc) is 2.36. The monoisotopic (exact) mass is 237 g/mol. The van der Waals surface area contributed by atoms with Crippen LogP contribution >= 0.6 is 0 Å². The summed E-state index contributed by atoms with van der Waals surface area (Å²) in [5.41, 5.74) is 7.67. The lowest BCUT2D eigenvalue weighted by molar-refractivity contribution is 0.132. The van der Waals surface area contributed by atoms with Gasteiger partial charge in [0.15, 0.2) is 11.5 Å². The number of hydrogen-bond donors (Lipinski definition) is 2. The van der Waals surface area contributed by atoms with E-state index < -0.39 is 6.10 Å². The SMILES string of the molecule is COc1ccc2c(c1OC)CC(CN)CC2O. The average molecular weight is 237 g/mol. The molecule has 4 nitrogen and oxygen atoms in total. The largest absolute Gasteiger partial charge is 0.493 e. The fraction of sp³-hybridized carbons (Fsp3) is 0.538. The van der Waals surface area contributed by atoms with Crippen molar-refractivity contribution in [3.8, 4) is 11.5 Å². The second-order valence-corrected chi connectivity index (χ2v) is 4.43. The van der Waals surface area contributed by atoms with Crippen LogP contribution in [0.1, 0.15) is 23.7 Å². The molecule has 0 aromatic heterocycles. The van der Waals surface area contributed by atoms with Gasteiger partial charge in [-0.3, -0.25) is 0 Å². The van der Waals surface area contributed by atoms with Crippen molar-refractivity contribution in [2.45, 2.75) is 18.9 Å². The first-order valence-electron chi connectivity index (χ1n) is 5.83. The Balaban J connectivity index is 2.48. The van der Waals surface area contributed by atoms with Gasteiger partial charge in [0, 0.05) is 5.56 Å². The quantitative estimate of drug-likeness (QED) is 0.830. The molecule has 0 aliphatic heterocycles. The Morgan fingerprint density at radius 3 is 2.71 bits per heavy atom. The van der Waals surface area contributed by atoms with Crippen LogP contribution in [0.3, 0.4) is 0 Å². The number of fused-ring (bicyclic) bond motifs is 1. The van der Waals surface area contributed by atoms with Crippen LogP contribution in [0.5, 0.6) is 11.5 Å². The van der Waals surface area contributed by atoms with E-state index in [0.29, 0.717) is 18.2 Å². The number of nitrogens with two attached hydrogens (primary N) is 1. The number of aliphatic hydroxyl groups excluding tert-OH is 1. The summed E-state index contributed by atoms with van der Waals surface area (Å²) in [4.78, 5) is 0.